The number of para-hydroxylation sites is 1. The Morgan fingerprint density at radius 3 is 2.39 bits per heavy atom. The molecule has 0 radical (unpaired) electrons. The van der Waals surface area contributed by atoms with Crippen molar-refractivity contribution in [1.29, 1.82) is 0 Å². The third-order valence-corrected chi connectivity index (χ3v) is 6.23. The van der Waals surface area contributed by atoms with Crippen molar-refractivity contribution in [3.8, 4) is 5.69 Å². The van der Waals surface area contributed by atoms with Crippen LogP contribution >= 0.6 is 11.6 Å². The molecule has 0 fully saturated rings. The molecule has 1 aliphatic rings. The highest BCUT2D eigenvalue weighted by molar-refractivity contribution is 6.30. The fourth-order valence-corrected chi connectivity index (χ4v) is 4.41. The van der Waals surface area contributed by atoms with Gasteiger partial charge in [-0.15, -0.1) is 0 Å². The van der Waals surface area contributed by atoms with E-state index in [1.165, 1.54) is 4.90 Å². The van der Waals surface area contributed by atoms with E-state index in [-0.39, 0.29) is 18.7 Å². The van der Waals surface area contributed by atoms with Gasteiger partial charge in [0.1, 0.15) is 0 Å². The average Bonchev–Trinajstić information content (AvgIpc) is 3.44. The first kappa shape index (κ1) is 21.2. The maximum absolute atomic E-state index is 13.5. The summed E-state index contributed by atoms with van der Waals surface area (Å²) in [5, 5.41) is 12.2. The maximum Gasteiger partial charge on any atom is 0.264 e. The second kappa shape index (κ2) is 8.35. The molecule has 0 aliphatic carbocycles. The Balaban J connectivity index is 1.45. The van der Waals surface area contributed by atoms with Crippen LogP contribution in [0, 0.1) is 0 Å². The standard InChI is InChI=1S/C27H21ClN2O3/c28-21-12-10-19(11-13-21)18-30-24-9-2-1-8-23(24)27(33,26(30)32)17-25(31)20-6-5-7-22(16-20)29-14-3-4-15-29/h1-16,33H,17-18H2. The zero-order valence-corrected chi connectivity index (χ0v) is 18.4. The highest BCUT2D eigenvalue weighted by atomic mass is 35.5. The monoisotopic (exact) mass is 456 g/mol. The summed E-state index contributed by atoms with van der Waals surface area (Å²) in [5.41, 5.74) is 1.27. The first-order valence-electron chi connectivity index (χ1n) is 10.6. The molecule has 3 aromatic carbocycles. The van der Waals surface area contributed by atoms with Crippen molar-refractivity contribution in [3.63, 3.8) is 0 Å². The van der Waals surface area contributed by atoms with Gasteiger partial charge in [0.25, 0.3) is 5.91 Å². The van der Waals surface area contributed by atoms with E-state index < -0.39 is 11.5 Å². The van der Waals surface area contributed by atoms with Crippen molar-refractivity contribution < 1.29 is 14.7 Å². The lowest BCUT2D eigenvalue weighted by molar-refractivity contribution is -0.136. The van der Waals surface area contributed by atoms with Gasteiger partial charge in [-0.05, 0) is 48.0 Å². The van der Waals surface area contributed by atoms with Gasteiger partial charge in [0, 0.05) is 34.2 Å². The van der Waals surface area contributed by atoms with Gasteiger partial charge in [0.15, 0.2) is 11.4 Å². The molecule has 2 heterocycles. The molecule has 1 aromatic heterocycles. The Kier molecular flexibility index (Phi) is 5.36. The number of anilines is 1. The normalized spacial score (nSPS) is 17.3. The molecule has 4 aromatic rings. The van der Waals surface area contributed by atoms with Gasteiger partial charge in [-0.3, -0.25) is 9.59 Å². The molecule has 164 valence electrons. The first-order valence-corrected chi connectivity index (χ1v) is 11.0. The van der Waals surface area contributed by atoms with Gasteiger partial charge in [0.2, 0.25) is 0 Å². The van der Waals surface area contributed by atoms with E-state index in [1.807, 2.05) is 53.4 Å². The first-order chi connectivity index (χ1) is 16.0. The summed E-state index contributed by atoms with van der Waals surface area (Å²) in [6, 6.07) is 25.2. The number of halogens is 1. The number of carbonyl (C=O) groups excluding carboxylic acids is 2. The summed E-state index contributed by atoms with van der Waals surface area (Å²) in [7, 11) is 0. The summed E-state index contributed by atoms with van der Waals surface area (Å²) >= 11 is 5.98. The van der Waals surface area contributed by atoms with E-state index in [0.29, 0.717) is 21.8 Å². The molecule has 1 unspecified atom stereocenters. The van der Waals surface area contributed by atoms with Crippen molar-refractivity contribution in [1.82, 2.24) is 4.57 Å². The topological polar surface area (TPSA) is 62.5 Å². The highest BCUT2D eigenvalue weighted by Gasteiger charge is 2.50. The number of amides is 1. The lowest BCUT2D eigenvalue weighted by atomic mass is 9.88. The zero-order valence-electron chi connectivity index (χ0n) is 17.7. The molecule has 0 saturated heterocycles. The molecule has 6 heteroatoms. The molecule has 0 spiro atoms. The predicted octanol–water partition coefficient (Wildman–Crippen LogP) is 5.14. The lowest BCUT2D eigenvalue weighted by Gasteiger charge is -2.23. The fourth-order valence-electron chi connectivity index (χ4n) is 4.29. The fraction of sp³-hybridized carbons (Fsp3) is 0.111. The Labute approximate surface area is 196 Å². The number of aliphatic hydroxyl groups is 1. The minimum Gasteiger partial charge on any atom is -0.375 e. The third-order valence-electron chi connectivity index (χ3n) is 5.98. The number of hydrogen-bond donors (Lipinski definition) is 1. The van der Waals surface area contributed by atoms with Gasteiger partial charge in [0.05, 0.1) is 18.7 Å². The van der Waals surface area contributed by atoms with E-state index >= 15 is 0 Å². The number of Topliss-reactive ketones (excluding diaryl/α,β-unsaturated/α-hetero) is 1. The Morgan fingerprint density at radius 1 is 0.909 bits per heavy atom. The number of carbonyl (C=O) groups is 2. The minimum absolute atomic E-state index is 0.270. The van der Waals surface area contributed by atoms with Crippen LogP contribution in [0.2, 0.25) is 5.02 Å². The average molecular weight is 457 g/mol. The van der Waals surface area contributed by atoms with Crippen LogP contribution in [0.15, 0.2) is 97.3 Å². The van der Waals surface area contributed by atoms with Crippen molar-refractivity contribution in [2.24, 2.45) is 0 Å². The molecule has 1 atom stereocenters. The molecular formula is C27H21ClN2O3. The molecular weight excluding hydrogens is 436 g/mol. The lowest BCUT2D eigenvalue weighted by Crippen LogP contribution is -2.41. The van der Waals surface area contributed by atoms with Gasteiger partial charge in [-0.1, -0.05) is 54.1 Å². The van der Waals surface area contributed by atoms with Crippen molar-refractivity contribution in [2.45, 2.75) is 18.6 Å². The Hall–Kier alpha value is -3.67. The van der Waals surface area contributed by atoms with Crippen LogP contribution < -0.4 is 4.90 Å². The smallest absolute Gasteiger partial charge is 0.264 e. The predicted molar refractivity (Wildman–Crippen MR) is 128 cm³/mol. The Bertz CT molecular complexity index is 1330. The van der Waals surface area contributed by atoms with Crippen LogP contribution in [0.5, 0.6) is 0 Å². The van der Waals surface area contributed by atoms with E-state index in [4.69, 9.17) is 11.6 Å². The van der Waals surface area contributed by atoms with Crippen LogP contribution in [-0.4, -0.2) is 21.4 Å². The SMILES string of the molecule is O=C(CC1(O)C(=O)N(Cc2ccc(Cl)cc2)c2ccccc21)c1cccc(-n2cccc2)c1. The molecule has 0 bridgehead atoms. The molecule has 1 aliphatic heterocycles. The van der Waals surface area contributed by atoms with Gasteiger partial charge in [-0.2, -0.15) is 0 Å². The van der Waals surface area contributed by atoms with Crippen LogP contribution in [0.25, 0.3) is 5.69 Å². The number of hydrogen-bond acceptors (Lipinski definition) is 3. The summed E-state index contributed by atoms with van der Waals surface area (Å²) in [6.07, 6.45) is 3.44. The third kappa shape index (κ3) is 3.86. The largest absolute Gasteiger partial charge is 0.375 e. The summed E-state index contributed by atoms with van der Waals surface area (Å²) in [4.78, 5) is 28.2. The number of nitrogens with zero attached hydrogens (tertiary/aromatic N) is 2. The molecule has 0 saturated carbocycles. The van der Waals surface area contributed by atoms with Crippen LogP contribution in [0.1, 0.15) is 27.9 Å². The number of rotatable bonds is 6. The molecule has 1 N–H and O–H groups in total. The van der Waals surface area contributed by atoms with E-state index in [0.717, 1.165) is 11.3 Å². The van der Waals surface area contributed by atoms with Crippen molar-refractivity contribution in [3.05, 3.63) is 119 Å². The van der Waals surface area contributed by atoms with Crippen molar-refractivity contribution in [2.75, 3.05) is 4.90 Å². The quantitative estimate of drug-likeness (QED) is 0.409. The van der Waals surface area contributed by atoms with Crippen LogP contribution in [0.4, 0.5) is 5.69 Å². The Morgan fingerprint density at radius 2 is 1.64 bits per heavy atom. The van der Waals surface area contributed by atoms with Gasteiger partial charge < -0.3 is 14.6 Å². The number of benzene rings is 3. The maximum atomic E-state index is 13.5. The summed E-state index contributed by atoms with van der Waals surface area (Å²) < 4.78 is 1.90. The number of ketones is 1. The van der Waals surface area contributed by atoms with Gasteiger partial charge >= 0.3 is 0 Å². The van der Waals surface area contributed by atoms with E-state index in [2.05, 4.69) is 0 Å². The molecule has 5 nitrogen and oxygen atoms in total. The van der Waals surface area contributed by atoms with E-state index in [9.17, 15) is 14.7 Å². The van der Waals surface area contributed by atoms with Gasteiger partial charge in [-0.25, -0.2) is 0 Å². The summed E-state index contributed by atoms with van der Waals surface area (Å²) in [5.74, 6) is -0.809. The van der Waals surface area contributed by atoms with Crippen LogP contribution in [0.3, 0.4) is 0 Å². The minimum atomic E-state index is -1.93. The van der Waals surface area contributed by atoms with Crippen molar-refractivity contribution >= 4 is 29.0 Å². The summed E-state index contributed by atoms with van der Waals surface area (Å²) in [6.45, 7) is 0.270. The molecule has 1 amide bonds. The van der Waals surface area contributed by atoms with Crippen LogP contribution in [-0.2, 0) is 16.9 Å². The molecule has 33 heavy (non-hydrogen) atoms. The second-order valence-electron chi connectivity index (χ2n) is 8.14. The highest BCUT2D eigenvalue weighted by Crippen LogP contribution is 2.43. The zero-order chi connectivity index (χ0) is 23.0. The van der Waals surface area contributed by atoms with E-state index in [1.54, 1.807) is 48.5 Å². The number of aromatic nitrogens is 1. The molecule has 5 rings (SSSR count). The second-order valence-corrected chi connectivity index (χ2v) is 8.57. The number of fused-ring (bicyclic) bond motifs is 1.